The van der Waals surface area contributed by atoms with Crippen LogP contribution in [0.5, 0.6) is 0 Å². The van der Waals surface area contributed by atoms with Gasteiger partial charge in [-0.2, -0.15) is 5.10 Å². The highest BCUT2D eigenvalue weighted by Gasteiger charge is 2.07. The van der Waals surface area contributed by atoms with Crippen molar-refractivity contribution >= 4 is 21.6 Å². The highest BCUT2D eigenvalue weighted by Crippen LogP contribution is 2.17. The van der Waals surface area contributed by atoms with Gasteiger partial charge in [-0.05, 0) is 28.9 Å². The van der Waals surface area contributed by atoms with E-state index in [1.54, 1.807) is 18.7 Å². The van der Waals surface area contributed by atoms with Gasteiger partial charge in [-0.1, -0.05) is 0 Å². The van der Waals surface area contributed by atoms with Crippen LogP contribution in [0.2, 0.25) is 0 Å². The third-order valence-electron chi connectivity index (χ3n) is 2.35. The van der Waals surface area contributed by atoms with E-state index in [1.165, 1.54) is 4.68 Å². The average Bonchev–Trinajstić information content (AvgIpc) is 2.84. The van der Waals surface area contributed by atoms with Crippen LogP contribution in [0.3, 0.4) is 0 Å². The molecule has 0 fully saturated rings. The molecular weight excluding hydrogens is 286 g/mol. The number of anilines is 1. The Hall–Kier alpha value is -1.56. The summed E-state index contributed by atoms with van der Waals surface area (Å²) >= 11 is 3.28. The number of hydrogen-bond donors (Lipinski definition) is 1. The molecule has 0 spiro atoms. The minimum Gasteiger partial charge on any atom is -0.472 e. The molecular formula is C11H12BrN3O2. The second kappa shape index (κ2) is 5.18. The Morgan fingerprint density at radius 2 is 2.41 bits per heavy atom. The van der Waals surface area contributed by atoms with Crippen LogP contribution in [0.4, 0.5) is 5.69 Å². The van der Waals surface area contributed by atoms with E-state index in [1.807, 2.05) is 13.0 Å². The van der Waals surface area contributed by atoms with Crippen LogP contribution in [-0.4, -0.2) is 9.78 Å². The van der Waals surface area contributed by atoms with E-state index >= 15 is 0 Å². The maximum Gasteiger partial charge on any atom is 0.283 e. The molecule has 5 nitrogen and oxygen atoms in total. The molecule has 2 aromatic heterocycles. The van der Waals surface area contributed by atoms with E-state index < -0.39 is 0 Å². The fourth-order valence-corrected chi connectivity index (χ4v) is 1.85. The van der Waals surface area contributed by atoms with Gasteiger partial charge in [0.05, 0.1) is 24.4 Å². The first-order valence-electron chi connectivity index (χ1n) is 5.23. The van der Waals surface area contributed by atoms with E-state index in [2.05, 4.69) is 26.3 Å². The van der Waals surface area contributed by atoms with Crippen molar-refractivity contribution in [2.45, 2.75) is 20.0 Å². The zero-order valence-electron chi connectivity index (χ0n) is 9.31. The van der Waals surface area contributed by atoms with Gasteiger partial charge < -0.3 is 9.73 Å². The van der Waals surface area contributed by atoms with Gasteiger partial charge in [0.1, 0.15) is 4.47 Å². The van der Waals surface area contributed by atoms with E-state index in [4.69, 9.17) is 4.42 Å². The summed E-state index contributed by atoms with van der Waals surface area (Å²) in [6, 6.07) is 1.86. The van der Waals surface area contributed by atoms with Crippen molar-refractivity contribution in [3.8, 4) is 0 Å². The Labute approximate surface area is 107 Å². The quantitative estimate of drug-likeness (QED) is 0.940. The van der Waals surface area contributed by atoms with E-state index in [-0.39, 0.29) is 5.56 Å². The molecule has 1 N–H and O–H groups in total. The van der Waals surface area contributed by atoms with Crippen LogP contribution in [0.15, 0.2) is 38.5 Å². The van der Waals surface area contributed by atoms with E-state index in [0.717, 1.165) is 5.56 Å². The van der Waals surface area contributed by atoms with Crippen LogP contribution in [-0.2, 0) is 13.1 Å². The third kappa shape index (κ3) is 2.58. The van der Waals surface area contributed by atoms with Gasteiger partial charge in [-0.3, -0.25) is 4.79 Å². The molecule has 0 aliphatic carbocycles. The van der Waals surface area contributed by atoms with Crippen molar-refractivity contribution in [3.05, 3.63) is 45.2 Å². The smallest absolute Gasteiger partial charge is 0.283 e. The molecule has 2 heterocycles. The van der Waals surface area contributed by atoms with Gasteiger partial charge >= 0.3 is 0 Å². The van der Waals surface area contributed by atoms with Gasteiger partial charge in [0, 0.05) is 18.7 Å². The van der Waals surface area contributed by atoms with Gasteiger partial charge in [0.25, 0.3) is 5.56 Å². The third-order valence-corrected chi connectivity index (χ3v) is 3.11. The maximum atomic E-state index is 11.8. The summed E-state index contributed by atoms with van der Waals surface area (Å²) in [6.07, 6.45) is 4.90. The summed E-state index contributed by atoms with van der Waals surface area (Å²) in [5, 5.41) is 7.17. The summed E-state index contributed by atoms with van der Waals surface area (Å²) in [4.78, 5) is 11.8. The van der Waals surface area contributed by atoms with Gasteiger partial charge in [-0.25, -0.2) is 4.68 Å². The molecule has 0 aliphatic heterocycles. The number of aromatic nitrogens is 2. The Morgan fingerprint density at radius 1 is 1.59 bits per heavy atom. The molecule has 0 saturated heterocycles. The number of furan rings is 1. The minimum atomic E-state index is -0.135. The second-order valence-electron chi connectivity index (χ2n) is 3.48. The molecule has 17 heavy (non-hydrogen) atoms. The number of hydrogen-bond acceptors (Lipinski definition) is 4. The molecule has 0 saturated carbocycles. The number of halogens is 1. The van der Waals surface area contributed by atoms with Crippen molar-refractivity contribution in [3.63, 3.8) is 0 Å². The van der Waals surface area contributed by atoms with Crippen LogP contribution in [0, 0.1) is 0 Å². The highest BCUT2D eigenvalue weighted by molar-refractivity contribution is 9.10. The zero-order valence-corrected chi connectivity index (χ0v) is 10.9. The normalized spacial score (nSPS) is 10.5. The van der Waals surface area contributed by atoms with Crippen molar-refractivity contribution in [1.82, 2.24) is 9.78 Å². The molecule has 0 aromatic carbocycles. The first kappa shape index (κ1) is 11.9. The molecule has 0 atom stereocenters. The van der Waals surface area contributed by atoms with Crippen molar-refractivity contribution in [2.24, 2.45) is 0 Å². The summed E-state index contributed by atoms with van der Waals surface area (Å²) in [5.41, 5.74) is 1.56. The predicted octanol–water partition coefficient (Wildman–Crippen LogP) is 2.23. The average molecular weight is 298 g/mol. The van der Waals surface area contributed by atoms with Gasteiger partial charge in [0.15, 0.2) is 0 Å². The summed E-state index contributed by atoms with van der Waals surface area (Å²) in [6.45, 7) is 3.02. The Morgan fingerprint density at radius 3 is 3.06 bits per heavy atom. The van der Waals surface area contributed by atoms with Crippen LogP contribution in [0.25, 0.3) is 0 Å². The monoisotopic (exact) mass is 297 g/mol. The zero-order chi connectivity index (χ0) is 12.3. The molecule has 0 aliphatic rings. The fraction of sp³-hybridized carbons (Fsp3) is 0.273. The lowest BCUT2D eigenvalue weighted by Gasteiger charge is -2.08. The summed E-state index contributed by atoms with van der Waals surface area (Å²) in [5.74, 6) is 0. The molecule has 0 bridgehead atoms. The van der Waals surface area contributed by atoms with E-state index in [9.17, 15) is 4.79 Å². The van der Waals surface area contributed by atoms with Crippen molar-refractivity contribution < 1.29 is 4.42 Å². The topological polar surface area (TPSA) is 60.1 Å². The largest absolute Gasteiger partial charge is 0.472 e. The highest BCUT2D eigenvalue weighted by atomic mass is 79.9. The molecule has 2 rings (SSSR count). The van der Waals surface area contributed by atoms with Gasteiger partial charge in [0.2, 0.25) is 0 Å². The minimum absolute atomic E-state index is 0.135. The first-order valence-corrected chi connectivity index (χ1v) is 6.02. The van der Waals surface area contributed by atoms with Gasteiger partial charge in [-0.15, -0.1) is 0 Å². The molecule has 0 unspecified atom stereocenters. The fourth-order valence-electron chi connectivity index (χ4n) is 1.40. The van der Waals surface area contributed by atoms with Crippen molar-refractivity contribution in [1.29, 1.82) is 0 Å². The lowest BCUT2D eigenvalue weighted by molar-refractivity contribution is 0.564. The Kier molecular flexibility index (Phi) is 3.63. The van der Waals surface area contributed by atoms with Crippen LogP contribution < -0.4 is 10.9 Å². The number of aryl methyl sites for hydroxylation is 1. The maximum absolute atomic E-state index is 11.8. The molecule has 90 valence electrons. The first-order chi connectivity index (χ1) is 8.22. The lowest BCUT2D eigenvalue weighted by atomic mass is 10.3. The Balaban J connectivity index is 2.17. The Bertz CT molecular complexity index is 548. The standard InChI is InChI=1S/C11H12BrN3O2/c1-2-15-11(16)10(12)9(6-14-15)13-5-8-3-4-17-7-8/h3-4,6-7,13H,2,5H2,1H3. The van der Waals surface area contributed by atoms with Crippen molar-refractivity contribution in [2.75, 3.05) is 5.32 Å². The number of nitrogens with zero attached hydrogens (tertiary/aromatic N) is 2. The summed E-state index contributed by atoms with van der Waals surface area (Å²) < 4.78 is 6.85. The molecule has 2 aromatic rings. The summed E-state index contributed by atoms with van der Waals surface area (Å²) in [7, 11) is 0. The molecule has 0 radical (unpaired) electrons. The molecule has 6 heteroatoms. The van der Waals surface area contributed by atoms with E-state index in [0.29, 0.717) is 23.2 Å². The number of rotatable bonds is 4. The predicted molar refractivity (Wildman–Crippen MR) is 67.9 cm³/mol. The molecule has 0 amide bonds. The lowest BCUT2D eigenvalue weighted by Crippen LogP contribution is -2.23. The second-order valence-corrected chi connectivity index (χ2v) is 4.27. The SMILES string of the molecule is CCn1ncc(NCc2ccoc2)c(Br)c1=O. The van der Waals surface area contributed by atoms with Crippen LogP contribution in [0.1, 0.15) is 12.5 Å². The number of nitrogens with one attached hydrogen (secondary N) is 1. The van der Waals surface area contributed by atoms with Crippen LogP contribution >= 0.6 is 15.9 Å².